The van der Waals surface area contributed by atoms with Crippen molar-refractivity contribution < 1.29 is 5.11 Å². The van der Waals surface area contributed by atoms with E-state index in [-0.39, 0.29) is 5.41 Å². The van der Waals surface area contributed by atoms with Gasteiger partial charge in [-0.05, 0) is 62.2 Å². The van der Waals surface area contributed by atoms with E-state index in [0.717, 1.165) is 11.8 Å². The summed E-state index contributed by atoms with van der Waals surface area (Å²) in [5.41, 5.74) is 0.248. The highest BCUT2D eigenvalue weighted by atomic mass is 16.3. The van der Waals surface area contributed by atoms with Crippen molar-refractivity contribution in [3.8, 4) is 0 Å². The molecule has 16 heavy (non-hydrogen) atoms. The molecular formula is C15H26O. The maximum absolute atomic E-state index is 11.1. The van der Waals surface area contributed by atoms with Crippen LogP contribution in [0.15, 0.2) is 0 Å². The van der Waals surface area contributed by atoms with Crippen LogP contribution >= 0.6 is 0 Å². The van der Waals surface area contributed by atoms with E-state index >= 15 is 0 Å². The number of aliphatic hydroxyl groups is 1. The number of hydrogen-bond acceptors (Lipinski definition) is 1. The summed E-state index contributed by atoms with van der Waals surface area (Å²) in [6.45, 7) is 9.27. The summed E-state index contributed by atoms with van der Waals surface area (Å²) in [4.78, 5) is 0. The van der Waals surface area contributed by atoms with Crippen LogP contribution in [0, 0.1) is 28.6 Å². The van der Waals surface area contributed by atoms with E-state index < -0.39 is 5.60 Å². The Labute approximate surface area is 99.6 Å². The van der Waals surface area contributed by atoms with E-state index in [1.807, 2.05) is 0 Å². The molecule has 1 spiro atoms. The minimum absolute atomic E-state index is 0.249. The van der Waals surface area contributed by atoms with E-state index in [2.05, 4.69) is 27.7 Å². The van der Waals surface area contributed by atoms with Gasteiger partial charge in [-0.25, -0.2) is 0 Å². The average Bonchev–Trinajstić information content (AvgIpc) is 2.71. The highest BCUT2D eigenvalue weighted by molar-refractivity contribution is 5.22. The van der Waals surface area contributed by atoms with E-state index in [1.54, 1.807) is 0 Å². The molecule has 92 valence electrons. The predicted octanol–water partition coefficient (Wildman–Crippen LogP) is 3.61. The highest BCUT2D eigenvalue weighted by Gasteiger charge is 2.73. The van der Waals surface area contributed by atoms with Gasteiger partial charge < -0.3 is 5.11 Å². The molecule has 1 heteroatoms. The molecule has 3 aliphatic rings. The Bertz CT molecular complexity index is 315. The Morgan fingerprint density at radius 1 is 1.06 bits per heavy atom. The van der Waals surface area contributed by atoms with Crippen molar-refractivity contribution in [1.29, 1.82) is 0 Å². The summed E-state index contributed by atoms with van der Waals surface area (Å²) in [7, 11) is 0. The van der Waals surface area contributed by atoms with Crippen molar-refractivity contribution >= 4 is 0 Å². The Balaban J connectivity index is 2.14. The molecule has 0 aliphatic heterocycles. The lowest BCUT2D eigenvalue weighted by molar-refractivity contribution is -0.112. The molecule has 0 aromatic heterocycles. The first-order chi connectivity index (χ1) is 7.35. The average molecular weight is 222 g/mol. The van der Waals surface area contributed by atoms with E-state index in [1.165, 1.54) is 32.1 Å². The Kier molecular flexibility index (Phi) is 1.98. The van der Waals surface area contributed by atoms with Crippen molar-refractivity contribution in [2.45, 2.75) is 65.4 Å². The Morgan fingerprint density at radius 2 is 1.75 bits per heavy atom. The van der Waals surface area contributed by atoms with Gasteiger partial charge in [0.15, 0.2) is 0 Å². The van der Waals surface area contributed by atoms with Gasteiger partial charge in [0, 0.05) is 5.41 Å². The molecular weight excluding hydrogens is 196 g/mol. The predicted molar refractivity (Wildman–Crippen MR) is 66.1 cm³/mol. The minimum atomic E-state index is -0.423. The zero-order valence-electron chi connectivity index (χ0n) is 11.2. The van der Waals surface area contributed by atoms with Gasteiger partial charge in [-0.2, -0.15) is 0 Å². The quantitative estimate of drug-likeness (QED) is 0.664. The van der Waals surface area contributed by atoms with Crippen LogP contribution in [0.5, 0.6) is 0 Å². The fourth-order valence-corrected chi connectivity index (χ4v) is 6.14. The maximum atomic E-state index is 11.1. The smallest absolute Gasteiger partial charge is 0.0709 e. The summed E-state index contributed by atoms with van der Waals surface area (Å²) in [5, 5.41) is 11.1. The lowest BCUT2D eigenvalue weighted by Crippen LogP contribution is -2.50. The lowest BCUT2D eigenvalue weighted by atomic mass is 9.60. The van der Waals surface area contributed by atoms with Gasteiger partial charge in [-0.3, -0.25) is 0 Å². The van der Waals surface area contributed by atoms with E-state index in [9.17, 15) is 5.11 Å². The minimum Gasteiger partial charge on any atom is -0.389 e. The van der Waals surface area contributed by atoms with Crippen molar-refractivity contribution in [2.24, 2.45) is 28.6 Å². The van der Waals surface area contributed by atoms with Crippen molar-refractivity contribution in [3.05, 3.63) is 0 Å². The Hall–Kier alpha value is -0.0400. The fourth-order valence-electron chi connectivity index (χ4n) is 6.14. The molecule has 1 nitrogen and oxygen atoms in total. The molecule has 3 aliphatic carbocycles. The molecule has 6 atom stereocenters. The first-order valence-corrected chi connectivity index (χ1v) is 7.07. The normalized spacial score (nSPS) is 64.7. The van der Waals surface area contributed by atoms with Gasteiger partial charge in [0.05, 0.1) is 5.60 Å². The van der Waals surface area contributed by atoms with E-state index in [4.69, 9.17) is 0 Å². The number of hydrogen-bond donors (Lipinski definition) is 1. The molecule has 0 aromatic carbocycles. The molecule has 0 saturated heterocycles. The SMILES string of the molecule is C[C@@H]1C[C@@]2(C)CC[C@@H]3[C@@H](C)CC[C@]32[C@]1(C)O. The van der Waals surface area contributed by atoms with Crippen LogP contribution in [0.4, 0.5) is 0 Å². The van der Waals surface area contributed by atoms with Crippen LogP contribution in [0.25, 0.3) is 0 Å². The molecule has 3 saturated carbocycles. The zero-order valence-corrected chi connectivity index (χ0v) is 11.2. The zero-order chi connectivity index (χ0) is 11.8. The molecule has 0 amide bonds. The molecule has 0 radical (unpaired) electrons. The second-order valence-corrected chi connectivity index (χ2v) is 7.45. The lowest BCUT2D eigenvalue weighted by Gasteiger charge is -2.47. The van der Waals surface area contributed by atoms with Crippen LogP contribution in [-0.4, -0.2) is 10.7 Å². The van der Waals surface area contributed by atoms with Gasteiger partial charge in [0.25, 0.3) is 0 Å². The monoisotopic (exact) mass is 222 g/mol. The molecule has 0 bridgehead atoms. The van der Waals surface area contributed by atoms with Gasteiger partial charge >= 0.3 is 0 Å². The van der Waals surface area contributed by atoms with Crippen molar-refractivity contribution in [1.82, 2.24) is 0 Å². The second kappa shape index (κ2) is 2.85. The summed E-state index contributed by atoms with van der Waals surface area (Å²) in [6.07, 6.45) is 6.56. The molecule has 3 fully saturated rings. The molecule has 0 aromatic rings. The summed E-state index contributed by atoms with van der Waals surface area (Å²) >= 11 is 0. The largest absolute Gasteiger partial charge is 0.389 e. The standard InChI is InChI=1S/C15H26O/c1-10-5-8-15-12(10)6-7-13(15,3)9-11(2)14(15,4)16/h10-12,16H,5-9H2,1-4H3/t10-,11+,12+,13+,14+,15-/m0/s1. The molecule has 3 rings (SSSR count). The first-order valence-electron chi connectivity index (χ1n) is 7.07. The van der Waals surface area contributed by atoms with Gasteiger partial charge in [0.1, 0.15) is 0 Å². The molecule has 1 N–H and O–H groups in total. The highest BCUT2D eigenvalue weighted by Crippen LogP contribution is 2.76. The van der Waals surface area contributed by atoms with Crippen molar-refractivity contribution in [3.63, 3.8) is 0 Å². The fraction of sp³-hybridized carbons (Fsp3) is 1.00. The van der Waals surface area contributed by atoms with Gasteiger partial charge in [-0.1, -0.05) is 20.8 Å². The van der Waals surface area contributed by atoms with Crippen LogP contribution < -0.4 is 0 Å². The van der Waals surface area contributed by atoms with Gasteiger partial charge in [-0.15, -0.1) is 0 Å². The second-order valence-electron chi connectivity index (χ2n) is 7.45. The van der Waals surface area contributed by atoms with Crippen molar-refractivity contribution in [2.75, 3.05) is 0 Å². The maximum Gasteiger partial charge on any atom is 0.0709 e. The van der Waals surface area contributed by atoms with E-state index in [0.29, 0.717) is 11.3 Å². The third kappa shape index (κ3) is 0.903. The van der Waals surface area contributed by atoms with Crippen LogP contribution in [0.1, 0.15) is 59.8 Å². The summed E-state index contributed by atoms with van der Waals surface area (Å²) in [6, 6.07) is 0. The van der Waals surface area contributed by atoms with Crippen LogP contribution in [0.2, 0.25) is 0 Å². The number of rotatable bonds is 0. The van der Waals surface area contributed by atoms with Crippen LogP contribution in [0.3, 0.4) is 0 Å². The molecule has 0 heterocycles. The third-order valence-corrected chi connectivity index (χ3v) is 7.02. The Morgan fingerprint density at radius 3 is 2.44 bits per heavy atom. The van der Waals surface area contributed by atoms with Crippen LogP contribution in [-0.2, 0) is 0 Å². The topological polar surface area (TPSA) is 20.2 Å². The summed E-state index contributed by atoms with van der Waals surface area (Å²) in [5.74, 6) is 2.10. The van der Waals surface area contributed by atoms with Gasteiger partial charge in [0.2, 0.25) is 0 Å². The summed E-state index contributed by atoms with van der Waals surface area (Å²) < 4.78 is 0. The third-order valence-electron chi connectivity index (χ3n) is 7.02. The molecule has 0 unspecified atom stereocenters. The first kappa shape index (κ1) is 11.1.